The van der Waals surface area contributed by atoms with Crippen molar-refractivity contribution in [1.82, 2.24) is 4.90 Å². The van der Waals surface area contributed by atoms with Crippen molar-refractivity contribution in [3.63, 3.8) is 0 Å². The first-order valence-electron chi connectivity index (χ1n) is 9.54. The van der Waals surface area contributed by atoms with Gasteiger partial charge in [0.05, 0.1) is 31.3 Å². The van der Waals surface area contributed by atoms with Gasteiger partial charge in [0.25, 0.3) is 0 Å². The summed E-state index contributed by atoms with van der Waals surface area (Å²) in [5.74, 6) is -0.435. The second-order valence-corrected chi connectivity index (χ2v) is 6.75. The fraction of sp³-hybridized carbons (Fsp3) is 0.318. The number of nitrogens with zero attached hydrogens (tertiary/aromatic N) is 1. The van der Waals surface area contributed by atoms with E-state index in [-0.39, 0.29) is 24.8 Å². The molecule has 152 valence electrons. The van der Waals surface area contributed by atoms with E-state index in [1.165, 1.54) is 12.0 Å². The number of cyclic esters (lactones) is 1. The summed E-state index contributed by atoms with van der Waals surface area (Å²) in [6, 6.07) is 14.1. The van der Waals surface area contributed by atoms with Gasteiger partial charge in [-0.05, 0) is 24.6 Å². The van der Waals surface area contributed by atoms with E-state index in [2.05, 4.69) is 5.32 Å². The molecule has 0 aliphatic carbocycles. The highest BCUT2D eigenvalue weighted by atomic mass is 16.5. The van der Waals surface area contributed by atoms with E-state index in [1.54, 1.807) is 36.4 Å². The molecule has 0 bridgehead atoms. The van der Waals surface area contributed by atoms with Gasteiger partial charge < -0.3 is 19.7 Å². The zero-order valence-electron chi connectivity index (χ0n) is 16.5. The van der Waals surface area contributed by atoms with Gasteiger partial charge in [-0.2, -0.15) is 0 Å². The summed E-state index contributed by atoms with van der Waals surface area (Å²) in [6.45, 7) is 2.27. The van der Waals surface area contributed by atoms with Gasteiger partial charge in [0.2, 0.25) is 11.8 Å². The van der Waals surface area contributed by atoms with Gasteiger partial charge >= 0.3 is 5.97 Å². The van der Waals surface area contributed by atoms with Gasteiger partial charge in [0.15, 0.2) is 0 Å². The molecule has 1 heterocycles. The van der Waals surface area contributed by atoms with E-state index in [0.717, 1.165) is 0 Å². The van der Waals surface area contributed by atoms with Crippen molar-refractivity contribution in [3.8, 4) is 5.75 Å². The summed E-state index contributed by atoms with van der Waals surface area (Å²) in [7, 11) is 1.53. The molecule has 0 aromatic heterocycles. The topological polar surface area (TPSA) is 84.9 Å². The molecule has 1 aliphatic rings. The minimum Gasteiger partial charge on any atom is -0.495 e. The first-order valence-corrected chi connectivity index (χ1v) is 9.54. The number of amides is 2. The largest absolute Gasteiger partial charge is 0.495 e. The summed E-state index contributed by atoms with van der Waals surface area (Å²) in [4.78, 5) is 38.8. The molecule has 2 aromatic carbocycles. The number of anilines is 1. The van der Waals surface area contributed by atoms with Gasteiger partial charge in [-0.3, -0.25) is 9.59 Å². The number of para-hydroxylation sites is 2. The van der Waals surface area contributed by atoms with Crippen molar-refractivity contribution in [2.75, 3.05) is 25.5 Å². The molecule has 0 unspecified atom stereocenters. The third-order valence-corrected chi connectivity index (χ3v) is 4.70. The number of methoxy groups -OCH3 is 1. The zero-order valence-corrected chi connectivity index (χ0v) is 16.5. The summed E-state index contributed by atoms with van der Waals surface area (Å²) < 4.78 is 10.6. The number of rotatable bonds is 8. The third kappa shape index (κ3) is 4.74. The van der Waals surface area contributed by atoms with Crippen LogP contribution in [0.1, 0.15) is 41.8 Å². The number of ether oxygens (including phenoxy) is 2. The standard InChI is InChI=1S/C22H24N2O5/c1-3-12-24(14-20(25)23-17-10-6-7-11-18(17)28-2)21(26)13-19-15-8-4-5-9-16(15)22(27)29-19/h4-11,19H,3,12-14H2,1-2H3,(H,23,25)/t19-/m1/s1. The third-order valence-electron chi connectivity index (χ3n) is 4.70. The van der Waals surface area contributed by atoms with Crippen molar-refractivity contribution in [3.05, 3.63) is 59.7 Å². The SMILES string of the molecule is CCCN(CC(=O)Nc1ccccc1OC)C(=O)C[C@H]1OC(=O)c2ccccc21. The van der Waals surface area contributed by atoms with E-state index < -0.39 is 12.1 Å². The molecule has 7 nitrogen and oxygen atoms in total. The van der Waals surface area contributed by atoms with Crippen LogP contribution in [0.15, 0.2) is 48.5 Å². The zero-order chi connectivity index (χ0) is 20.8. The van der Waals surface area contributed by atoms with Crippen molar-refractivity contribution in [2.24, 2.45) is 0 Å². The summed E-state index contributed by atoms with van der Waals surface area (Å²) >= 11 is 0. The van der Waals surface area contributed by atoms with Crippen LogP contribution in [0.25, 0.3) is 0 Å². The Morgan fingerprint density at radius 3 is 2.62 bits per heavy atom. The number of hydrogen-bond donors (Lipinski definition) is 1. The summed E-state index contributed by atoms with van der Waals surface area (Å²) in [5.41, 5.74) is 1.74. The number of benzene rings is 2. The van der Waals surface area contributed by atoms with Crippen LogP contribution < -0.4 is 10.1 Å². The average Bonchev–Trinajstić information content (AvgIpc) is 3.03. The van der Waals surface area contributed by atoms with Gasteiger partial charge in [0, 0.05) is 12.1 Å². The smallest absolute Gasteiger partial charge is 0.339 e. The number of hydrogen-bond acceptors (Lipinski definition) is 5. The molecule has 0 saturated carbocycles. The van der Waals surface area contributed by atoms with Crippen LogP contribution in [0.3, 0.4) is 0 Å². The molecule has 0 spiro atoms. The molecule has 2 aromatic rings. The molecule has 3 rings (SSSR count). The van der Waals surface area contributed by atoms with Crippen LogP contribution in [0, 0.1) is 0 Å². The Labute approximate surface area is 169 Å². The van der Waals surface area contributed by atoms with Crippen LogP contribution in [-0.2, 0) is 14.3 Å². The van der Waals surface area contributed by atoms with Gasteiger partial charge in [0.1, 0.15) is 11.9 Å². The Morgan fingerprint density at radius 2 is 1.86 bits per heavy atom. The number of carbonyl (C=O) groups excluding carboxylic acids is 3. The number of esters is 1. The lowest BCUT2D eigenvalue weighted by molar-refractivity contribution is -0.136. The molecule has 1 N–H and O–H groups in total. The number of nitrogens with one attached hydrogen (secondary N) is 1. The van der Waals surface area contributed by atoms with Crippen molar-refractivity contribution >= 4 is 23.5 Å². The van der Waals surface area contributed by atoms with Crippen molar-refractivity contribution in [2.45, 2.75) is 25.9 Å². The monoisotopic (exact) mass is 396 g/mol. The predicted molar refractivity (Wildman–Crippen MR) is 108 cm³/mol. The molecule has 0 fully saturated rings. The number of fused-ring (bicyclic) bond motifs is 1. The Kier molecular flexibility index (Phi) is 6.49. The highest BCUT2D eigenvalue weighted by molar-refractivity contribution is 5.97. The second-order valence-electron chi connectivity index (χ2n) is 6.75. The molecule has 2 amide bonds. The molecular formula is C22H24N2O5. The summed E-state index contributed by atoms with van der Waals surface area (Å²) in [5, 5.41) is 2.78. The van der Waals surface area contributed by atoms with E-state index in [9.17, 15) is 14.4 Å². The minimum atomic E-state index is -0.622. The van der Waals surface area contributed by atoms with Crippen LogP contribution in [0.5, 0.6) is 5.75 Å². The molecule has 0 saturated heterocycles. The van der Waals surface area contributed by atoms with Gasteiger partial charge in [-0.1, -0.05) is 37.3 Å². The predicted octanol–water partition coefficient (Wildman–Crippen LogP) is 3.17. The summed E-state index contributed by atoms with van der Waals surface area (Å²) in [6.07, 6.45) is 0.0854. The minimum absolute atomic E-state index is 0.00465. The van der Waals surface area contributed by atoms with Gasteiger partial charge in [-0.15, -0.1) is 0 Å². The van der Waals surface area contributed by atoms with Crippen LogP contribution in [0.2, 0.25) is 0 Å². The molecule has 29 heavy (non-hydrogen) atoms. The maximum atomic E-state index is 12.8. The quantitative estimate of drug-likeness (QED) is 0.693. The molecule has 7 heteroatoms. The van der Waals surface area contributed by atoms with Crippen LogP contribution in [-0.4, -0.2) is 42.9 Å². The molecular weight excluding hydrogens is 372 g/mol. The Balaban J connectivity index is 1.65. The fourth-order valence-electron chi connectivity index (χ4n) is 3.33. The lowest BCUT2D eigenvalue weighted by Gasteiger charge is -2.23. The highest BCUT2D eigenvalue weighted by Gasteiger charge is 2.33. The van der Waals surface area contributed by atoms with Crippen molar-refractivity contribution < 1.29 is 23.9 Å². The lowest BCUT2D eigenvalue weighted by atomic mass is 10.0. The van der Waals surface area contributed by atoms with Crippen molar-refractivity contribution in [1.29, 1.82) is 0 Å². The fourth-order valence-corrected chi connectivity index (χ4v) is 3.33. The normalized spacial score (nSPS) is 14.7. The molecule has 1 atom stereocenters. The first kappa shape index (κ1) is 20.4. The second kappa shape index (κ2) is 9.23. The molecule has 0 radical (unpaired) electrons. The van der Waals surface area contributed by atoms with Crippen LogP contribution in [0.4, 0.5) is 5.69 Å². The van der Waals surface area contributed by atoms with E-state index in [0.29, 0.717) is 35.5 Å². The first-order chi connectivity index (χ1) is 14.0. The average molecular weight is 396 g/mol. The Morgan fingerprint density at radius 1 is 1.14 bits per heavy atom. The maximum absolute atomic E-state index is 12.8. The maximum Gasteiger partial charge on any atom is 0.339 e. The lowest BCUT2D eigenvalue weighted by Crippen LogP contribution is -2.39. The van der Waals surface area contributed by atoms with Crippen LogP contribution >= 0.6 is 0 Å². The van der Waals surface area contributed by atoms with E-state index >= 15 is 0 Å². The Bertz CT molecular complexity index is 912. The van der Waals surface area contributed by atoms with E-state index in [1.807, 2.05) is 19.1 Å². The molecule has 1 aliphatic heterocycles. The number of carbonyl (C=O) groups is 3. The van der Waals surface area contributed by atoms with E-state index in [4.69, 9.17) is 9.47 Å². The Hall–Kier alpha value is -3.35. The van der Waals surface area contributed by atoms with Gasteiger partial charge in [-0.25, -0.2) is 4.79 Å². The highest BCUT2D eigenvalue weighted by Crippen LogP contribution is 2.33.